The molecule has 1 rings (SSSR count). The molecule has 0 aromatic carbocycles. The van der Waals surface area contributed by atoms with Crippen molar-refractivity contribution in [2.24, 2.45) is 16.3 Å². The van der Waals surface area contributed by atoms with Gasteiger partial charge < -0.3 is 16.3 Å². The maximum Gasteiger partial charge on any atom is 0.234 e. The zero-order valence-electron chi connectivity index (χ0n) is 11.4. The van der Waals surface area contributed by atoms with Crippen LogP contribution < -0.4 is 11.1 Å². The van der Waals surface area contributed by atoms with E-state index in [-0.39, 0.29) is 17.8 Å². The Morgan fingerprint density at radius 1 is 1.33 bits per heavy atom. The van der Waals surface area contributed by atoms with Crippen molar-refractivity contribution in [2.75, 3.05) is 0 Å². The molecule has 0 atom stereocenters. The molecule has 5 nitrogen and oxygen atoms in total. The highest BCUT2D eigenvalue weighted by Crippen LogP contribution is 2.28. The monoisotopic (exact) mass is 255 g/mol. The van der Waals surface area contributed by atoms with Gasteiger partial charge in [-0.2, -0.15) is 0 Å². The van der Waals surface area contributed by atoms with Crippen molar-refractivity contribution in [1.29, 1.82) is 0 Å². The summed E-state index contributed by atoms with van der Waals surface area (Å²) in [6.07, 6.45) is 6.73. The first-order valence-electron chi connectivity index (χ1n) is 6.89. The van der Waals surface area contributed by atoms with Crippen molar-refractivity contribution < 1.29 is 10.0 Å². The van der Waals surface area contributed by atoms with Gasteiger partial charge in [0.15, 0.2) is 5.84 Å². The molecule has 5 heteroatoms. The quantitative estimate of drug-likeness (QED) is 0.304. The van der Waals surface area contributed by atoms with E-state index < -0.39 is 5.41 Å². The molecule has 1 aliphatic rings. The molecule has 1 fully saturated rings. The van der Waals surface area contributed by atoms with Crippen molar-refractivity contribution in [3.8, 4) is 0 Å². The molecule has 1 saturated carbocycles. The van der Waals surface area contributed by atoms with Gasteiger partial charge in [-0.3, -0.25) is 4.79 Å². The first-order valence-corrected chi connectivity index (χ1v) is 6.89. The van der Waals surface area contributed by atoms with Crippen molar-refractivity contribution in [3.63, 3.8) is 0 Å². The maximum atomic E-state index is 12.4. The molecular formula is C13H25N3O2. The third kappa shape index (κ3) is 2.94. The van der Waals surface area contributed by atoms with Crippen molar-refractivity contribution in [3.05, 3.63) is 0 Å². The largest absolute Gasteiger partial charge is 0.409 e. The minimum Gasteiger partial charge on any atom is -0.409 e. The van der Waals surface area contributed by atoms with Crippen LogP contribution in [0.15, 0.2) is 5.16 Å². The fourth-order valence-corrected chi connectivity index (χ4v) is 2.72. The van der Waals surface area contributed by atoms with Gasteiger partial charge in [0.1, 0.15) is 5.41 Å². The summed E-state index contributed by atoms with van der Waals surface area (Å²) in [5, 5.41) is 15.0. The van der Waals surface area contributed by atoms with Gasteiger partial charge in [0.05, 0.1) is 0 Å². The van der Waals surface area contributed by atoms with E-state index in [1.165, 1.54) is 19.3 Å². The molecule has 0 aromatic rings. The number of amides is 1. The number of carbonyl (C=O) groups is 1. The second-order valence-corrected chi connectivity index (χ2v) is 5.08. The molecule has 0 saturated heterocycles. The standard InChI is InChI=1S/C13H25N3O2/c1-3-13(4-2,11(14)16-18)12(17)15-10-8-6-5-7-9-10/h10,18H,3-9H2,1-2H3,(H2,14,16)(H,15,17). The summed E-state index contributed by atoms with van der Waals surface area (Å²) in [5.41, 5.74) is 4.85. The summed E-state index contributed by atoms with van der Waals surface area (Å²) in [6.45, 7) is 3.78. The lowest BCUT2D eigenvalue weighted by Gasteiger charge is -2.32. The maximum absolute atomic E-state index is 12.4. The van der Waals surface area contributed by atoms with E-state index in [9.17, 15) is 4.79 Å². The Kier molecular flexibility index (Phi) is 5.44. The second kappa shape index (κ2) is 6.61. The Hall–Kier alpha value is -1.26. The Balaban J connectivity index is 2.76. The predicted molar refractivity (Wildman–Crippen MR) is 71.4 cm³/mol. The number of hydrogen-bond donors (Lipinski definition) is 3. The zero-order valence-corrected chi connectivity index (χ0v) is 11.4. The van der Waals surface area contributed by atoms with Crippen LogP contribution in [0.1, 0.15) is 58.8 Å². The number of rotatable bonds is 5. The summed E-state index contributed by atoms with van der Waals surface area (Å²) in [6, 6.07) is 0.246. The van der Waals surface area contributed by atoms with Gasteiger partial charge in [0, 0.05) is 6.04 Å². The van der Waals surface area contributed by atoms with Crippen molar-refractivity contribution >= 4 is 11.7 Å². The fraction of sp³-hybridized carbons (Fsp3) is 0.846. The number of hydrogen-bond acceptors (Lipinski definition) is 3. The van der Waals surface area contributed by atoms with E-state index in [4.69, 9.17) is 10.9 Å². The van der Waals surface area contributed by atoms with E-state index in [0.717, 1.165) is 12.8 Å². The Morgan fingerprint density at radius 3 is 2.33 bits per heavy atom. The van der Waals surface area contributed by atoms with Gasteiger partial charge in [0.2, 0.25) is 5.91 Å². The summed E-state index contributed by atoms with van der Waals surface area (Å²) >= 11 is 0. The molecule has 0 radical (unpaired) electrons. The highest BCUT2D eigenvalue weighted by Gasteiger charge is 2.40. The zero-order chi connectivity index (χ0) is 13.6. The van der Waals surface area contributed by atoms with Gasteiger partial charge in [-0.15, -0.1) is 0 Å². The predicted octanol–water partition coefficient (Wildman–Crippen LogP) is 1.99. The third-order valence-corrected chi connectivity index (χ3v) is 4.18. The lowest BCUT2D eigenvalue weighted by molar-refractivity contribution is -0.129. The van der Waals surface area contributed by atoms with Crippen LogP contribution in [0.4, 0.5) is 0 Å². The summed E-state index contributed by atoms with van der Waals surface area (Å²) in [4.78, 5) is 12.4. The van der Waals surface area contributed by atoms with Crippen LogP contribution in [0, 0.1) is 5.41 Å². The molecule has 1 amide bonds. The SMILES string of the molecule is CCC(CC)(C(=O)NC1CCCCC1)C(N)=NO. The van der Waals surface area contributed by atoms with Crippen LogP contribution in [0.3, 0.4) is 0 Å². The first kappa shape index (κ1) is 14.8. The van der Waals surface area contributed by atoms with Crippen LogP contribution >= 0.6 is 0 Å². The first-order chi connectivity index (χ1) is 8.60. The fourth-order valence-electron chi connectivity index (χ4n) is 2.72. The molecule has 0 unspecified atom stereocenters. The number of carbonyl (C=O) groups excluding carboxylic acids is 1. The van der Waals surface area contributed by atoms with E-state index in [1.54, 1.807) is 0 Å². The molecule has 18 heavy (non-hydrogen) atoms. The molecule has 0 spiro atoms. The van der Waals surface area contributed by atoms with Crippen LogP contribution in [-0.4, -0.2) is 23.0 Å². The lowest BCUT2D eigenvalue weighted by Crippen LogP contribution is -2.52. The van der Waals surface area contributed by atoms with E-state index in [2.05, 4.69) is 10.5 Å². The average Bonchev–Trinajstić information content (AvgIpc) is 2.41. The highest BCUT2D eigenvalue weighted by molar-refractivity contribution is 6.06. The van der Waals surface area contributed by atoms with Gasteiger partial charge in [-0.1, -0.05) is 38.3 Å². The number of nitrogens with one attached hydrogen (secondary N) is 1. The second-order valence-electron chi connectivity index (χ2n) is 5.08. The summed E-state index contributed by atoms with van der Waals surface area (Å²) in [7, 11) is 0. The molecule has 0 aromatic heterocycles. The molecule has 4 N–H and O–H groups in total. The smallest absolute Gasteiger partial charge is 0.234 e. The van der Waals surface area contributed by atoms with Gasteiger partial charge >= 0.3 is 0 Å². The molecule has 0 bridgehead atoms. The van der Waals surface area contributed by atoms with Crippen LogP contribution in [0.25, 0.3) is 0 Å². The number of amidine groups is 1. The Morgan fingerprint density at radius 2 is 1.89 bits per heavy atom. The molecule has 104 valence electrons. The van der Waals surface area contributed by atoms with Crippen molar-refractivity contribution in [1.82, 2.24) is 5.32 Å². The summed E-state index contributed by atoms with van der Waals surface area (Å²) in [5.74, 6) is -0.0875. The summed E-state index contributed by atoms with van der Waals surface area (Å²) < 4.78 is 0. The molecule has 0 aliphatic heterocycles. The molecule has 0 heterocycles. The minimum absolute atomic E-state index is 0.0146. The van der Waals surface area contributed by atoms with Crippen LogP contribution in [0.5, 0.6) is 0 Å². The molecular weight excluding hydrogens is 230 g/mol. The normalized spacial score (nSPS) is 18.7. The van der Waals surface area contributed by atoms with Crippen LogP contribution in [0.2, 0.25) is 0 Å². The third-order valence-electron chi connectivity index (χ3n) is 4.18. The van der Waals surface area contributed by atoms with E-state index in [0.29, 0.717) is 12.8 Å². The number of nitrogens with two attached hydrogens (primary N) is 1. The van der Waals surface area contributed by atoms with E-state index >= 15 is 0 Å². The Bertz CT molecular complexity index is 305. The Labute approximate surface area is 109 Å². The minimum atomic E-state index is -0.869. The molecule has 1 aliphatic carbocycles. The average molecular weight is 255 g/mol. The number of nitrogens with zero attached hydrogens (tertiary/aromatic N) is 1. The van der Waals surface area contributed by atoms with Gasteiger partial charge in [-0.05, 0) is 25.7 Å². The topological polar surface area (TPSA) is 87.7 Å². The van der Waals surface area contributed by atoms with E-state index in [1.807, 2.05) is 13.8 Å². The van der Waals surface area contributed by atoms with Gasteiger partial charge in [0.25, 0.3) is 0 Å². The highest BCUT2D eigenvalue weighted by atomic mass is 16.4. The van der Waals surface area contributed by atoms with Crippen LogP contribution in [-0.2, 0) is 4.79 Å². The lowest BCUT2D eigenvalue weighted by atomic mass is 9.79. The number of oxime groups is 1. The van der Waals surface area contributed by atoms with Gasteiger partial charge in [-0.25, -0.2) is 0 Å². The van der Waals surface area contributed by atoms with Crippen molar-refractivity contribution in [2.45, 2.75) is 64.8 Å².